The van der Waals surface area contributed by atoms with E-state index in [0.717, 1.165) is 27.2 Å². The Morgan fingerprint density at radius 3 is 2.70 bits per heavy atom. The summed E-state index contributed by atoms with van der Waals surface area (Å²) < 4.78 is 7.18. The van der Waals surface area contributed by atoms with Gasteiger partial charge in [0, 0.05) is 10.6 Å². The average molecular weight is 344 g/mol. The van der Waals surface area contributed by atoms with Crippen LogP contribution in [0.5, 0.6) is 5.75 Å². The van der Waals surface area contributed by atoms with Gasteiger partial charge in [-0.1, -0.05) is 36.0 Å². The van der Waals surface area contributed by atoms with Crippen LogP contribution in [0, 0.1) is 0 Å². The van der Waals surface area contributed by atoms with Crippen LogP contribution in [0.3, 0.4) is 0 Å². The van der Waals surface area contributed by atoms with E-state index in [1.54, 1.807) is 35.3 Å². The molecule has 0 saturated carbocycles. The number of thioether (sulfide) groups is 2. The van der Waals surface area contributed by atoms with Gasteiger partial charge in [0.25, 0.3) is 0 Å². The van der Waals surface area contributed by atoms with Crippen LogP contribution in [-0.4, -0.2) is 33.6 Å². The zero-order valence-corrected chi connectivity index (χ0v) is 14.5. The van der Waals surface area contributed by atoms with Gasteiger partial charge in [0.1, 0.15) is 5.75 Å². The number of rotatable bonds is 6. The molecule has 1 heterocycles. The molecule has 0 saturated heterocycles. The van der Waals surface area contributed by atoms with Crippen molar-refractivity contribution in [1.82, 2.24) is 20.2 Å². The van der Waals surface area contributed by atoms with Crippen molar-refractivity contribution in [2.45, 2.75) is 15.8 Å². The molecule has 118 valence electrons. The molecule has 0 aliphatic heterocycles. The summed E-state index contributed by atoms with van der Waals surface area (Å²) in [5, 5.41) is 12.7. The van der Waals surface area contributed by atoms with E-state index in [9.17, 15) is 0 Å². The summed E-state index contributed by atoms with van der Waals surface area (Å²) in [6, 6.07) is 16.1. The van der Waals surface area contributed by atoms with Gasteiger partial charge in [-0.05, 0) is 46.5 Å². The molecule has 0 fully saturated rings. The minimum absolute atomic E-state index is 0.768. The average Bonchev–Trinajstić information content (AvgIpc) is 3.09. The minimum atomic E-state index is 0.768. The molecule has 3 aromatic rings. The second-order valence-corrected chi connectivity index (χ2v) is 6.48. The SMILES string of the molecule is COc1cc(CSc2nnnn2-c2ccccc2)ccc1SC. The fourth-order valence-corrected chi connectivity index (χ4v) is 3.50. The van der Waals surface area contributed by atoms with Crippen molar-refractivity contribution in [2.75, 3.05) is 13.4 Å². The molecule has 0 unspecified atom stereocenters. The summed E-state index contributed by atoms with van der Waals surface area (Å²) in [5.41, 5.74) is 2.13. The monoisotopic (exact) mass is 344 g/mol. The highest BCUT2D eigenvalue weighted by Crippen LogP contribution is 2.30. The van der Waals surface area contributed by atoms with Gasteiger partial charge in [-0.3, -0.25) is 0 Å². The molecule has 3 rings (SSSR count). The van der Waals surface area contributed by atoms with E-state index in [4.69, 9.17) is 4.74 Å². The first-order valence-corrected chi connectivity index (χ1v) is 9.20. The summed E-state index contributed by atoms with van der Waals surface area (Å²) in [5.74, 6) is 1.68. The predicted molar refractivity (Wildman–Crippen MR) is 93.5 cm³/mol. The Labute approximate surface area is 143 Å². The molecule has 5 nitrogen and oxygen atoms in total. The summed E-state index contributed by atoms with van der Waals surface area (Å²) in [6.07, 6.45) is 2.04. The second kappa shape index (κ2) is 7.52. The first-order chi connectivity index (χ1) is 11.3. The lowest BCUT2D eigenvalue weighted by Gasteiger charge is -2.09. The van der Waals surface area contributed by atoms with Crippen molar-refractivity contribution in [2.24, 2.45) is 0 Å². The van der Waals surface area contributed by atoms with Crippen molar-refractivity contribution in [1.29, 1.82) is 0 Å². The molecule has 23 heavy (non-hydrogen) atoms. The maximum absolute atomic E-state index is 5.43. The number of hydrogen-bond donors (Lipinski definition) is 0. The third-order valence-electron chi connectivity index (χ3n) is 3.26. The molecule has 1 aromatic heterocycles. The highest BCUT2D eigenvalue weighted by atomic mass is 32.2. The van der Waals surface area contributed by atoms with Crippen LogP contribution in [0.4, 0.5) is 0 Å². The Morgan fingerprint density at radius 2 is 1.96 bits per heavy atom. The Bertz CT molecular complexity index is 777. The van der Waals surface area contributed by atoms with E-state index < -0.39 is 0 Å². The smallest absolute Gasteiger partial charge is 0.214 e. The molecular weight excluding hydrogens is 328 g/mol. The molecule has 2 aromatic carbocycles. The third kappa shape index (κ3) is 3.68. The number of tetrazole rings is 1. The van der Waals surface area contributed by atoms with E-state index in [2.05, 4.69) is 33.7 Å². The van der Waals surface area contributed by atoms with E-state index in [1.165, 1.54) is 5.56 Å². The summed E-state index contributed by atoms with van der Waals surface area (Å²) in [6.45, 7) is 0. The topological polar surface area (TPSA) is 52.8 Å². The lowest BCUT2D eigenvalue weighted by molar-refractivity contribution is 0.404. The van der Waals surface area contributed by atoms with E-state index >= 15 is 0 Å². The van der Waals surface area contributed by atoms with Gasteiger partial charge in [0.2, 0.25) is 5.16 Å². The summed E-state index contributed by atoms with van der Waals surface area (Å²) in [7, 11) is 1.70. The lowest BCUT2D eigenvalue weighted by Crippen LogP contribution is -1.98. The van der Waals surface area contributed by atoms with Crippen molar-refractivity contribution < 1.29 is 4.74 Å². The molecule has 0 aliphatic carbocycles. The summed E-state index contributed by atoms with van der Waals surface area (Å²) >= 11 is 3.27. The maximum atomic E-state index is 5.43. The van der Waals surface area contributed by atoms with Crippen molar-refractivity contribution in [3.05, 3.63) is 54.1 Å². The predicted octanol–water partition coefficient (Wildman–Crippen LogP) is 3.69. The molecule has 0 aliphatic rings. The Hall–Kier alpha value is -1.99. The second-order valence-electron chi connectivity index (χ2n) is 4.69. The maximum Gasteiger partial charge on any atom is 0.214 e. The van der Waals surface area contributed by atoms with Crippen molar-refractivity contribution >= 4 is 23.5 Å². The molecule has 0 radical (unpaired) electrons. The first kappa shape index (κ1) is 15.9. The van der Waals surface area contributed by atoms with Crippen LogP contribution in [0.15, 0.2) is 58.6 Å². The zero-order chi connectivity index (χ0) is 16.1. The van der Waals surface area contributed by atoms with Gasteiger partial charge in [0.05, 0.1) is 12.8 Å². The van der Waals surface area contributed by atoms with Gasteiger partial charge in [0.15, 0.2) is 0 Å². The standard InChI is InChI=1S/C16H16N4OS2/c1-21-14-10-12(8-9-15(14)22-2)11-23-16-17-18-19-20(16)13-6-4-3-5-7-13/h3-10H,11H2,1-2H3. The number of benzene rings is 2. The lowest BCUT2D eigenvalue weighted by atomic mass is 10.2. The van der Waals surface area contributed by atoms with Crippen LogP contribution in [0.1, 0.15) is 5.56 Å². The summed E-state index contributed by atoms with van der Waals surface area (Å²) in [4.78, 5) is 1.13. The number of aromatic nitrogens is 4. The molecule has 0 amide bonds. The Morgan fingerprint density at radius 1 is 1.13 bits per heavy atom. The van der Waals surface area contributed by atoms with Crippen molar-refractivity contribution in [3.63, 3.8) is 0 Å². The minimum Gasteiger partial charge on any atom is -0.496 e. The van der Waals surface area contributed by atoms with Gasteiger partial charge in [-0.2, -0.15) is 4.68 Å². The van der Waals surface area contributed by atoms with Crippen LogP contribution in [-0.2, 0) is 5.75 Å². The number of methoxy groups -OCH3 is 1. The zero-order valence-electron chi connectivity index (χ0n) is 12.8. The molecule has 0 spiro atoms. The fraction of sp³-hybridized carbons (Fsp3) is 0.188. The van der Waals surface area contributed by atoms with Crippen LogP contribution in [0.25, 0.3) is 5.69 Å². The molecule has 0 bridgehead atoms. The van der Waals surface area contributed by atoms with Gasteiger partial charge in [-0.15, -0.1) is 16.9 Å². The molecule has 7 heteroatoms. The highest BCUT2D eigenvalue weighted by Gasteiger charge is 2.10. The normalized spacial score (nSPS) is 10.7. The number of hydrogen-bond acceptors (Lipinski definition) is 6. The van der Waals surface area contributed by atoms with Crippen LogP contribution >= 0.6 is 23.5 Å². The Kier molecular flexibility index (Phi) is 5.19. The number of nitrogens with zero attached hydrogens (tertiary/aromatic N) is 4. The molecule has 0 atom stereocenters. The van der Waals surface area contributed by atoms with Crippen molar-refractivity contribution in [3.8, 4) is 11.4 Å². The van der Waals surface area contributed by atoms with Crippen LogP contribution < -0.4 is 4.74 Å². The van der Waals surface area contributed by atoms with Gasteiger partial charge in [-0.25, -0.2) is 0 Å². The van der Waals surface area contributed by atoms with Gasteiger partial charge < -0.3 is 4.74 Å². The highest BCUT2D eigenvalue weighted by molar-refractivity contribution is 7.98. The van der Waals surface area contributed by atoms with Crippen LogP contribution in [0.2, 0.25) is 0 Å². The van der Waals surface area contributed by atoms with E-state index in [-0.39, 0.29) is 0 Å². The molecule has 0 N–H and O–H groups in total. The fourth-order valence-electron chi connectivity index (χ4n) is 2.12. The largest absolute Gasteiger partial charge is 0.496 e. The number of para-hydroxylation sites is 1. The first-order valence-electron chi connectivity index (χ1n) is 6.99. The van der Waals surface area contributed by atoms with E-state index in [0.29, 0.717) is 0 Å². The van der Waals surface area contributed by atoms with Gasteiger partial charge >= 0.3 is 0 Å². The Balaban J connectivity index is 1.76. The van der Waals surface area contributed by atoms with E-state index in [1.807, 2.05) is 36.6 Å². The quantitative estimate of drug-likeness (QED) is 0.636. The molecular formula is C16H16N4OS2. The third-order valence-corrected chi connectivity index (χ3v) is 5.03. The number of ether oxygens (including phenoxy) is 1.